The normalized spacial score (nSPS) is 14.8. The molecule has 0 bridgehead atoms. The number of aldehydes is 1. The lowest BCUT2D eigenvalue weighted by molar-refractivity contribution is 0.112. The van der Waals surface area contributed by atoms with Crippen LogP contribution in [0.5, 0.6) is 0 Å². The third kappa shape index (κ3) is 1.82. The lowest BCUT2D eigenvalue weighted by Gasteiger charge is -2.02. The van der Waals surface area contributed by atoms with Crippen molar-refractivity contribution in [3.05, 3.63) is 47.7 Å². The van der Waals surface area contributed by atoms with Crippen LogP contribution in [-0.2, 0) is 6.54 Å². The molecule has 2 heterocycles. The summed E-state index contributed by atoms with van der Waals surface area (Å²) in [5.74, 6) is 1.91. The molecule has 2 aromatic heterocycles. The van der Waals surface area contributed by atoms with Gasteiger partial charge in [-0.1, -0.05) is 17.3 Å². The average Bonchev–Trinajstić information content (AvgIpc) is 3.09. The summed E-state index contributed by atoms with van der Waals surface area (Å²) in [6.07, 6.45) is 5.13. The summed E-state index contributed by atoms with van der Waals surface area (Å²) in [7, 11) is 0. The van der Waals surface area contributed by atoms with Gasteiger partial charge in [-0.05, 0) is 25.0 Å². The first-order valence-electron chi connectivity index (χ1n) is 6.70. The van der Waals surface area contributed by atoms with Crippen molar-refractivity contribution in [2.75, 3.05) is 0 Å². The maximum Gasteiger partial charge on any atom is 0.229 e. The van der Waals surface area contributed by atoms with Crippen molar-refractivity contribution < 1.29 is 9.32 Å². The summed E-state index contributed by atoms with van der Waals surface area (Å²) < 4.78 is 7.30. The van der Waals surface area contributed by atoms with Crippen molar-refractivity contribution in [1.82, 2.24) is 14.7 Å². The van der Waals surface area contributed by atoms with E-state index in [-0.39, 0.29) is 0 Å². The van der Waals surface area contributed by atoms with Gasteiger partial charge in [0.15, 0.2) is 12.1 Å². The summed E-state index contributed by atoms with van der Waals surface area (Å²) in [5, 5.41) is 4.98. The maximum atomic E-state index is 11.0. The van der Waals surface area contributed by atoms with E-state index < -0.39 is 0 Å². The first-order chi connectivity index (χ1) is 9.85. The van der Waals surface area contributed by atoms with Crippen LogP contribution in [0.2, 0.25) is 0 Å². The Morgan fingerprint density at radius 1 is 1.35 bits per heavy atom. The summed E-state index contributed by atoms with van der Waals surface area (Å²) >= 11 is 0. The molecule has 0 atom stereocenters. The van der Waals surface area contributed by atoms with E-state index in [1.54, 1.807) is 0 Å². The Kier molecular flexibility index (Phi) is 2.45. The highest BCUT2D eigenvalue weighted by Gasteiger charge is 2.29. The first kappa shape index (κ1) is 11.4. The van der Waals surface area contributed by atoms with E-state index in [0.717, 1.165) is 35.9 Å². The fraction of sp³-hybridized carbons (Fsp3) is 0.267. The van der Waals surface area contributed by atoms with Crippen LogP contribution in [-0.4, -0.2) is 21.0 Å². The van der Waals surface area contributed by atoms with Gasteiger partial charge in [-0.2, -0.15) is 4.98 Å². The molecular formula is C15H13N3O2. The minimum Gasteiger partial charge on any atom is -0.340 e. The maximum absolute atomic E-state index is 11.0. The number of benzene rings is 1. The van der Waals surface area contributed by atoms with Gasteiger partial charge in [-0.25, -0.2) is 0 Å². The minimum atomic E-state index is 0.472. The second kappa shape index (κ2) is 4.30. The standard InChI is InChI=1S/C15H13N3O2/c19-9-11-2-1-3-13-12(11)6-7-18(13)8-14-16-15(20-17-14)10-4-5-10/h1-3,6-7,9-10H,4-5,8H2. The number of hydrogen-bond acceptors (Lipinski definition) is 4. The van der Waals surface area contributed by atoms with Crippen LogP contribution in [0, 0.1) is 0 Å². The zero-order chi connectivity index (χ0) is 13.5. The zero-order valence-corrected chi connectivity index (χ0v) is 10.8. The molecule has 0 spiro atoms. The number of carbonyl (C=O) groups excluding carboxylic acids is 1. The Hall–Kier alpha value is -2.43. The van der Waals surface area contributed by atoms with Crippen molar-refractivity contribution >= 4 is 17.2 Å². The molecule has 5 nitrogen and oxygen atoms in total. The number of aromatic nitrogens is 3. The van der Waals surface area contributed by atoms with Gasteiger partial charge in [0.2, 0.25) is 5.89 Å². The molecule has 3 aromatic rings. The largest absolute Gasteiger partial charge is 0.340 e. The molecule has 20 heavy (non-hydrogen) atoms. The van der Waals surface area contributed by atoms with Gasteiger partial charge in [0.05, 0.1) is 6.54 Å². The predicted octanol–water partition coefficient (Wildman–Crippen LogP) is 2.76. The molecule has 1 aliphatic rings. The summed E-state index contributed by atoms with van der Waals surface area (Å²) in [5.41, 5.74) is 1.71. The quantitative estimate of drug-likeness (QED) is 0.682. The molecular weight excluding hydrogens is 254 g/mol. The van der Waals surface area contributed by atoms with Crippen LogP contribution < -0.4 is 0 Å². The van der Waals surface area contributed by atoms with E-state index >= 15 is 0 Å². The van der Waals surface area contributed by atoms with Crippen molar-refractivity contribution in [2.24, 2.45) is 0 Å². The highest BCUT2D eigenvalue weighted by atomic mass is 16.5. The van der Waals surface area contributed by atoms with Crippen molar-refractivity contribution in [3.63, 3.8) is 0 Å². The summed E-state index contributed by atoms with van der Waals surface area (Å²) in [4.78, 5) is 15.5. The van der Waals surface area contributed by atoms with Gasteiger partial charge in [0, 0.05) is 28.6 Å². The van der Waals surface area contributed by atoms with E-state index in [4.69, 9.17) is 4.52 Å². The van der Waals surface area contributed by atoms with Crippen molar-refractivity contribution in [3.8, 4) is 0 Å². The van der Waals surface area contributed by atoms with Crippen LogP contribution in [0.15, 0.2) is 35.0 Å². The topological polar surface area (TPSA) is 60.9 Å². The molecule has 1 aliphatic carbocycles. The molecule has 4 rings (SSSR count). The smallest absolute Gasteiger partial charge is 0.229 e. The third-order valence-electron chi connectivity index (χ3n) is 3.70. The first-order valence-corrected chi connectivity index (χ1v) is 6.70. The lowest BCUT2D eigenvalue weighted by Crippen LogP contribution is -2.00. The zero-order valence-electron chi connectivity index (χ0n) is 10.8. The Morgan fingerprint density at radius 2 is 2.25 bits per heavy atom. The summed E-state index contributed by atoms with van der Waals surface area (Å²) in [6.45, 7) is 0.558. The average molecular weight is 267 g/mol. The fourth-order valence-corrected chi connectivity index (χ4v) is 2.47. The molecule has 100 valence electrons. The van der Waals surface area contributed by atoms with Gasteiger partial charge in [0.1, 0.15) is 0 Å². The van der Waals surface area contributed by atoms with Crippen LogP contribution in [0.1, 0.15) is 40.8 Å². The molecule has 1 saturated carbocycles. The molecule has 0 aliphatic heterocycles. The summed E-state index contributed by atoms with van der Waals surface area (Å²) in [6, 6.07) is 7.64. The molecule has 1 aromatic carbocycles. The molecule has 0 saturated heterocycles. The molecule has 0 N–H and O–H groups in total. The third-order valence-corrected chi connectivity index (χ3v) is 3.70. The molecule has 1 fully saturated rings. The molecule has 0 amide bonds. The van der Waals surface area contributed by atoms with Crippen molar-refractivity contribution in [1.29, 1.82) is 0 Å². The van der Waals surface area contributed by atoms with E-state index in [1.165, 1.54) is 0 Å². The van der Waals surface area contributed by atoms with Crippen molar-refractivity contribution in [2.45, 2.75) is 25.3 Å². The molecule has 0 unspecified atom stereocenters. The number of fused-ring (bicyclic) bond motifs is 1. The Morgan fingerprint density at radius 3 is 3.05 bits per heavy atom. The monoisotopic (exact) mass is 267 g/mol. The van der Waals surface area contributed by atoms with Gasteiger partial charge < -0.3 is 9.09 Å². The van der Waals surface area contributed by atoms with Crippen LogP contribution >= 0.6 is 0 Å². The number of nitrogens with zero attached hydrogens (tertiary/aromatic N) is 3. The Balaban J connectivity index is 1.69. The van der Waals surface area contributed by atoms with Gasteiger partial charge in [-0.3, -0.25) is 4.79 Å². The van der Waals surface area contributed by atoms with Crippen LogP contribution in [0.3, 0.4) is 0 Å². The van der Waals surface area contributed by atoms with Gasteiger partial charge >= 0.3 is 0 Å². The van der Waals surface area contributed by atoms with Gasteiger partial charge in [-0.15, -0.1) is 0 Å². The number of hydrogen-bond donors (Lipinski definition) is 0. The highest BCUT2D eigenvalue weighted by molar-refractivity contribution is 5.97. The molecule has 0 radical (unpaired) electrons. The number of rotatable bonds is 4. The Labute approximate surface area is 115 Å². The second-order valence-corrected chi connectivity index (χ2v) is 5.16. The lowest BCUT2D eigenvalue weighted by atomic mass is 10.1. The van der Waals surface area contributed by atoms with Crippen LogP contribution in [0.4, 0.5) is 0 Å². The Bertz CT molecular complexity index is 783. The SMILES string of the molecule is O=Cc1cccc2c1ccn2Cc1noc(C2CC2)n1. The minimum absolute atomic E-state index is 0.472. The fourth-order valence-electron chi connectivity index (χ4n) is 2.47. The van der Waals surface area contributed by atoms with E-state index in [0.29, 0.717) is 23.9 Å². The van der Waals surface area contributed by atoms with E-state index in [9.17, 15) is 4.79 Å². The van der Waals surface area contributed by atoms with Gasteiger partial charge in [0.25, 0.3) is 0 Å². The second-order valence-electron chi connectivity index (χ2n) is 5.16. The van der Waals surface area contributed by atoms with E-state index in [1.807, 2.05) is 35.0 Å². The predicted molar refractivity (Wildman–Crippen MR) is 72.7 cm³/mol. The van der Waals surface area contributed by atoms with E-state index in [2.05, 4.69) is 10.1 Å². The highest BCUT2D eigenvalue weighted by Crippen LogP contribution is 2.38. The van der Waals surface area contributed by atoms with Crippen LogP contribution in [0.25, 0.3) is 10.9 Å². The number of carbonyl (C=O) groups is 1. The molecule has 5 heteroatoms.